The summed E-state index contributed by atoms with van der Waals surface area (Å²) in [6.45, 7) is 11.7. The van der Waals surface area contributed by atoms with Crippen LogP contribution in [0.2, 0.25) is 0 Å². The summed E-state index contributed by atoms with van der Waals surface area (Å²) in [5, 5.41) is 13.3. The molecule has 2 unspecified atom stereocenters. The first-order valence-electron chi connectivity index (χ1n) is 7.11. The van der Waals surface area contributed by atoms with Crippen LogP contribution in [0.25, 0.3) is 0 Å². The first-order chi connectivity index (χ1) is 8.34. The lowest BCUT2D eigenvalue weighted by Gasteiger charge is -2.34. The number of nitrogens with one attached hydrogen (secondary N) is 1. The molecule has 1 saturated heterocycles. The van der Waals surface area contributed by atoms with Crippen molar-refractivity contribution >= 4 is 0 Å². The van der Waals surface area contributed by atoms with E-state index in [4.69, 9.17) is 0 Å². The molecule has 0 aromatic heterocycles. The van der Waals surface area contributed by atoms with E-state index in [0.29, 0.717) is 6.04 Å². The summed E-state index contributed by atoms with van der Waals surface area (Å²) in [6, 6.07) is 0.496. The summed E-state index contributed by atoms with van der Waals surface area (Å²) in [4.78, 5) is 4.68. The number of aliphatic hydroxyl groups excluding tert-OH is 1. The Kier molecular flexibility index (Phi) is 6.05. The highest BCUT2D eigenvalue weighted by Gasteiger charge is 2.34. The van der Waals surface area contributed by atoms with E-state index in [2.05, 4.69) is 50.0 Å². The van der Waals surface area contributed by atoms with Crippen molar-refractivity contribution in [3.8, 4) is 0 Å². The molecule has 0 aromatic rings. The van der Waals surface area contributed by atoms with Crippen LogP contribution in [0.3, 0.4) is 0 Å². The number of hydrogen-bond acceptors (Lipinski definition) is 4. The van der Waals surface area contributed by atoms with Crippen LogP contribution in [0, 0.1) is 5.41 Å². The van der Waals surface area contributed by atoms with Gasteiger partial charge in [-0.1, -0.05) is 20.8 Å². The molecular formula is C14H31N3O. The van der Waals surface area contributed by atoms with Gasteiger partial charge in [0.25, 0.3) is 0 Å². The first kappa shape index (κ1) is 15.9. The molecule has 1 heterocycles. The molecule has 108 valence electrons. The Bertz CT molecular complexity index is 243. The Balaban J connectivity index is 2.52. The Labute approximate surface area is 112 Å². The van der Waals surface area contributed by atoms with Gasteiger partial charge in [0.1, 0.15) is 0 Å². The SMILES string of the molecule is CCNCC(C)(C)CN1CC(O)CC1CN(C)C. The van der Waals surface area contributed by atoms with Gasteiger partial charge in [-0.05, 0) is 32.5 Å². The molecule has 0 aliphatic carbocycles. The molecule has 0 spiro atoms. The molecule has 0 radical (unpaired) electrons. The third-order valence-electron chi connectivity index (χ3n) is 3.57. The minimum atomic E-state index is -0.148. The van der Waals surface area contributed by atoms with E-state index < -0.39 is 0 Å². The topological polar surface area (TPSA) is 38.7 Å². The second-order valence-electron chi connectivity index (χ2n) is 6.68. The van der Waals surface area contributed by atoms with Gasteiger partial charge in [0.05, 0.1) is 6.10 Å². The fourth-order valence-corrected chi connectivity index (χ4v) is 2.83. The summed E-state index contributed by atoms with van der Waals surface area (Å²) < 4.78 is 0. The molecule has 1 fully saturated rings. The lowest BCUT2D eigenvalue weighted by Crippen LogP contribution is -2.45. The van der Waals surface area contributed by atoms with Crippen molar-refractivity contribution in [1.82, 2.24) is 15.1 Å². The van der Waals surface area contributed by atoms with Crippen LogP contribution in [-0.2, 0) is 0 Å². The summed E-state index contributed by atoms with van der Waals surface area (Å²) in [5.74, 6) is 0. The van der Waals surface area contributed by atoms with Gasteiger partial charge >= 0.3 is 0 Å². The Hall–Kier alpha value is -0.160. The van der Waals surface area contributed by atoms with E-state index in [1.807, 2.05) is 0 Å². The molecule has 1 aliphatic rings. The fourth-order valence-electron chi connectivity index (χ4n) is 2.83. The van der Waals surface area contributed by atoms with Gasteiger partial charge < -0.3 is 15.3 Å². The van der Waals surface area contributed by atoms with E-state index in [1.54, 1.807) is 0 Å². The predicted molar refractivity (Wildman–Crippen MR) is 76.9 cm³/mol. The minimum absolute atomic E-state index is 0.148. The van der Waals surface area contributed by atoms with Gasteiger partial charge in [0.15, 0.2) is 0 Å². The second-order valence-corrected chi connectivity index (χ2v) is 6.68. The quantitative estimate of drug-likeness (QED) is 0.701. The standard InChI is InChI=1S/C14H31N3O/c1-6-15-10-14(2,3)11-17-9-13(18)7-12(17)8-16(4)5/h12-13,15,18H,6-11H2,1-5H3. The van der Waals surface area contributed by atoms with Crippen molar-refractivity contribution in [1.29, 1.82) is 0 Å². The summed E-state index contributed by atoms with van der Waals surface area (Å²) in [6.07, 6.45) is 0.764. The zero-order chi connectivity index (χ0) is 13.8. The molecule has 18 heavy (non-hydrogen) atoms. The molecule has 1 rings (SSSR count). The molecule has 2 N–H and O–H groups in total. The highest BCUT2D eigenvalue weighted by atomic mass is 16.3. The number of likely N-dealkylation sites (tertiary alicyclic amines) is 1. The highest BCUT2D eigenvalue weighted by molar-refractivity contribution is 4.89. The third kappa shape index (κ3) is 5.22. The normalized spacial score (nSPS) is 26.2. The number of nitrogens with zero attached hydrogens (tertiary/aromatic N) is 2. The molecule has 0 amide bonds. The Morgan fingerprint density at radius 2 is 2.06 bits per heavy atom. The predicted octanol–water partition coefficient (Wildman–Crippen LogP) is 0.619. The molecule has 2 atom stereocenters. The van der Waals surface area contributed by atoms with Crippen molar-refractivity contribution in [3.05, 3.63) is 0 Å². The molecular weight excluding hydrogens is 226 g/mol. The van der Waals surface area contributed by atoms with Gasteiger partial charge in [0, 0.05) is 32.2 Å². The van der Waals surface area contributed by atoms with E-state index >= 15 is 0 Å². The van der Waals surface area contributed by atoms with Gasteiger partial charge in [-0.15, -0.1) is 0 Å². The summed E-state index contributed by atoms with van der Waals surface area (Å²) in [5.41, 5.74) is 0.255. The summed E-state index contributed by atoms with van der Waals surface area (Å²) in [7, 11) is 4.21. The molecule has 0 aromatic carbocycles. The van der Waals surface area contributed by atoms with E-state index in [0.717, 1.165) is 39.1 Å². The maximum absolute atomic E-state index is 9.88. The maximum Gasteiger partial charge on any atom is 0.0682 e. The van der Waals surface area contributed by atoms with Crippen molar-refractivity contribution in [2.75, 3.05) is 46.8 Å². The Morgan fingerprint density at radius 3 is 2.61 bits per heavy atom. The van der Waals surface area contributed by atoms with Crippen molar-refractivity contribution in [3.63, 3.8) is 0 Å². The lowest BCUT2D eigenvalue weighted by atomic mass is 9.92. The van der Waals surface area contributed by atoms with Crippen molar-refractivity contribution in [2.24, 2.45) is 5.41 Å². The largest absolute Gasteiger partial charge is 0.392 e. The molecule has 0 bridgehead atoms. The number of aliphatic hydroxyl groups is 1. The van der Waals surface area contributed by atoms with E-state index in [-0.39, 0.29) is 11.5 Å². The fraction of sp³-hybridized carbons (Fsp3) is 1.00. The van der Waals surface area contributed by atoms with Crippen molar-refractivity contribution in [2.45, 2.75) is 39.3 Å². The average molecular weight is 257 g/mol. The van der Waals surface area contributed by atoms with Crippen LogP contribution in [0.1, 0.15) is 27.2 Å². The average Bonchev–Trinajstić information content (AvgIpc) is 2.54. The molecule has 4 heteroatoms. The molecule has 4 nitrogen and oxygen atoms in total. The lowest BCUT2D eigenvalue weighted by molar-refractivity contribution is 0.131. The monoisotopic (exact) mass is 257 g/mol. The third-order valence-corrected chi connectivity index (χ3v) is 3.57. The highest BCUT2D eigenvalue weighted by Crippen LogP contribution is 2.24. The van der Waals surface area contributed by atoms with E-state index in [9.17, 15) is 5.11 Å². The number of β-amino-alcohol motifs (C(OH)–C–C–N with tert-alkyl or cyclic N) is 1. The van der Waals surface area contributed by atoms with Crippen LogP contribution >= 0.6 is 0 Å². The number of rotatable bonds is 7. The van der Waals surface area contributed by atoms with Crippen molar-refractivity contribution < 1.29 is 5.11 Å². The van der Waals surface area contributed by atoms with E-state index in [1.165, 1.54) is 0 Å². The molecule has 1 aliphatic heterocycles. The minimum Gasteiger partial charge on any atom is -0.392 e. The van der Waals surface area contributed by atoms with Crippen LogP contribution in [-0.4, -0.2) is 73.9 Å². The van der Waals surface area contributed by atoms with Gasteiger partial charge in [-0.2, -0.15) is 0 Å². The molecule has 0 saturated carbocycles. The zero-order valence-corrected chi connectivity index (χ0v) is 12.7. The second kappa shape index (κ2) is 6.85. The first-order valence-corrected chi connectivity index (χ1v) is 7.11. The van der Waals surface area contributed by atoms with Crippen LogP contribution in [0.5, 0.6) is 0 Å². The summed E-state index contributed by atoms with van der Waals surface area (Å²) >= 11 is 0. The van der Waals surface area contributed by atoms with Crippen LogP contribution in [0.4, 0.5) is 0 Å². The maximum atomic E-state index is 9.88. The van der Waals surface area contributed by atoms with Gasteiger partial charge in [0.2, 0.25) is 0 Å². The van der Waals surface area contributed by atoms with Crippen LogP contribution < -0.4 is 5.32 Å². The van der Waals surface area contributed by atoms with Gasteiger partial charge in [-0.25, -0.2) is 0 Å². The zero-order valence-electron chi connectivity index (χ0n) is 12.7. The smallest absolute Gasteiger partial charge is 0.0682 e. The van der Waals surface area contributed by atoms with Gasteiger partial charge in [-0.3, -0.25) is 4.90 Å². The number of likely N-dealkylation sites (N-methyl/N-ethyl adjacent to an activating group) is 1. The van der Waals surface area contributed by atoms with Crippen LogP contribution in [0.15, 0.2) is 0 Å². The Morgan fingerprint density at radius 1 is 1.39 bits per heavy atom. The number of hydrogen-bond donors (Lipinski definition) is 2.